The number of carbonyl (C=O) groups excluding carboxylic acids is 1. The van der Waals surface area contributed by atoms with Gasteiger partial charge in [0.05, 0.1) is 24.3 Å². The summed E-state index contributed by atoms with van der Waals surface area (Å²) in [5.74, 6) is 0.0747. The first-order chi connectivity index (χ1) is 16.7. The van der Waals surface area contributed by atoms with Crippen LogP contribution in [-0.2, 0) is 0 Å². The van der Waals surface area contributed by atoms with Crippen LogP contribution in [-0.4, -0.2) is 70.6 Å². The summed E-state index contributed by atoms with van der Waals surface area (Å²) < 4.78 is 1.89. The number of fused-ring (bicyclic) bond motifs is 2. The van der Waals surface area contributed by atoms with Gasteiger partial charge in [-0.3, -0.25) is 9.69 Å². The highest BCUT2D eigenvalue weighted by molar-refractivity contribution is 6.11. The van der Waals surface area contributed by atoms with Crippen LogP contribution in [0.15, 0.2) is 55.0 Å². The number of benzene rings is 2. The van der Waals surface area contributed by atoms with E-state index in [0.717, 1.165) is 84.1 Å². The summed E-state index contributed by atoms with van der Waals surface area (Å²) in [7, 11) is 0. The Labute approximate surface area is 199 Å². The molecule has 6 rings (SSSR count). The smallest absolute Gasteiger partial charge is 0.162 e. The fraction of sp³-hybridized carbons (Fsp3) is 0.370. The minimum atomic E-state index is 0.0747. The van der Waals surface area contributed by atoms with E-state index in [0.29, 0.717) is 0 Å². The minimum absolute atomic E-state index is 0.0747. The number of ketones is 1. The summed E-state index contributed by atoms with van der Waals surface area (Å²) in [6.45, 7) is 8.12. The lowest BCUT2D eigenvalue weighted by molar-refractivity contribution is 0.101. The molecular weight excluding hydrogens is 424 g/mol. The summed E-state index contributed by atoms with van der Waals surface area (Å²) >= 11 is 0. The van der Waals surface area contributed by atoms with E-state index in [1.807, 2.05) is 41.2 Å². The van der Waals surface area contributed by atoms with Crippen molar-refractivity contribution in [2.45, 2.75) is 25.8 Å². The zero-order valence-electron chi connectivity index (χ0n) is 19.6. The van der Waals surface area contributed by atoms with E-state index in [1.165, 1.54) is 12.8 Å². The van der Waals surface area contributed by atoms with Crippen molar-refractivity contribution in [3.05, 3.63) is 60.6 Å². The van der Waals surface area contributed by atoms with Gasteiger partial charge in [-0.15, -0.1) is 0 Å². The van der Waals surface area contributed by atoms with Crippen LogP contribution in [0.3, 0.4) is 0 Å². The molecular formula is C27H30N6O. The Morgan fingerprint density at radius 1 is 0.941 bits per heavy atom. The lowest BCUT2D eigenvalue weighted by atomic mass is 9.95. The summed E-state index contributed by atoms with van der Waals surface area (Å²) in [6.07, 6.45) is 8.47. The third-order valence-corrected chi connectivity index (χ3v) is 7.44. The van der Waals surface area contributed by atoms with E-state index in [-0.39, 0.29) is 5.78 Å². The van der Waals surface area contributed by atoms with Crippen LogP contribution in [0.1, 0.15) is 30.1 Å². The Morgan fingerprint density at radius 2 is 1.71 bits per heavy atom. The van der Waals surface area contributed by atoms with Crippen molar-refractivity contribution in [2.24, 2.45) is 0 Å². The SMILES string of the molecule is CC(=O)c1cccc2c(-c3cnn4cc(N5CCN(C6CCNCC6)CC5)cnc34)cccc12. The van der Waals surface area contributed by atoms with Crippen molar-refractivity contribution >= 4 is 27.9 Å². The van der Waals surface area contributed by atoms with E-state index in [1.54, 1.807) is 6.92 Å². The molecule has 4 heterocycles. The number of piperidine rings is 1. The molecule has 2 aliphatic rings. The molecule has 2 fully saturated rings. The lowest BCUT2D eigenvalue weighted by Gasteiger charge is -2.41. The van der Waals surface area contributed by atoms with Crippen molar-refractivity contribution in [1.29, 1.82) is 0 Å². The van der Waals surface area contributed by atoms with Crippen molar-refractivity contribution in [3.8, 4) is 11.1 Å². The number of hydrogen-bond donors (Lipinski definition) is 1. The van der Waals surface area contributed by atoms with Gasteiger partial charge in [-0.05, 0) is 49.2 Å². The highest BCUT2D eigenvalue weighted by atomic mass is 16.1. The van der Waals surface area contributed by atoms with E-state index in [9.17, 15) is 4.79 Å². The summed E-state index contributed by atoms with van der Waals surface area (Å²) in [5, 5.41) is 10.1. The van der Waals surface area contributed by atoms with Crippen molar-refractivity contribution in [3.63, 3.8) is 0 Å². The Balaban J connectivity index is 1.27. The molecule has 2 aromatic carbocycles. The largest absolute Gasteiger partial charge is 0.366 e. The van der Waals surface area contributed by atoms with Crippen LogP contribution in [0.5, 0.6) is 0 Å². The second-order valence-electron chi connectivity index (χ2n) is 9.41. The fourth-order valence-corrected chi connectivity index (χ4v) is 5.59. The number of hydrogen-bond acceptors (Lipinski definition) is 6. The van der Waals surface area contributed by atoms with Crippen molar-refractivity contribution in [2.75, 3.05) is 44.2 Å². The molecule has 7 heteroatoms. The number of Topliss-reactive ketones (excluding diaryl/α,β-unsaturated/α-hetero) is 1. The van der Waals surface area contributed by atoms with Gasteiger partial charge < -0.3 is 10.2 Å². The minimum Gasteiger partial charge on any atom is -0.366 e. The zero-order valence-corrected chi connectivity index (χ0v) is 19.6. The van der Waals surface area contributed by atoms with Gasteiger partial charge in [-0.25, -0.2) is 9.50 Å². The van der Waals surface area contributed by atoms with E-state index < -0.39 is 0 Å². The molecule has 0 radical (unpaired) electrons. The number of rotatable bonds is 4. The first kappa shape index (κ1) is 21.3. The molecule has 174 valence electrons. The first-order valence-corrected chi connectivity index (χ1v) is 12.3. The molecule has 0 spiro atoms. The molecule has 2 aliphatic heterocycles. The van der Waals surface area contributed by atoms with Crippen LogP contribution in [0.4, 0.5) is 5.69 Å². The Morgan fingerprint density at radius 3 is 2.50 bits per heavy atom. The van der Waals surface area contributed by atoms with Crippen LogP contribution in [0.2, 0.25) is 0 Å². The van der Waals surface area contributed by atoms with Gasteiger partial charge in [0.1, 0.15) is 0 Å². The number of piperazine rings is 1. The maximum Gasteiger partial charge on any atom is 0.162 e. The first-order valence-electron chi connectivity index (χ1n) is 12.3. The van der Waals surface area contributed by atoms with Gasteiger partial charge in [0.15, 0.2) is 11.4 Å². The lowest BCUT2D eigenvalue weighted by Crippen LogP contribution is -2.52. The van der Waals surface area contributed by atoms with Gasteiger partial charge in [0.25, 0.3) is 0 Å². The van der Waals surface area contributed by atoms with E-state index in [2.05, 4.69) is 38.5 Å². The topological polar surface area (TPSA) is 65.8 Å². The van der Waals surface area contributed by atoms with Gasteiger partial charge in [-0.2, -0.15) is 5.10 Å². The Kier molecular flexibility index (Phi) is 5.51. The monoisotopic (exact) mass is 454 g/mol. The molecule has 1 N–H and O–H groups in total. The molecule has 0 bridgehead atoms. The van der Waals surface area contributed by atoms with Crippen molar-refractivity contribution in [1.82, 2.24) is 24.8 Å². The second-order valence-corrected chi connectivity index (χ2v) is 9.41. The fourth-order valence-electron chi connectivity index (χ4n) is 5.59. The number of nitrogens with one attached hydrogen (secondary N) is 1. The summed E-state index contributed by atoms with van der Waals surface area (Å²) in [4.78, 5) is 22.0. The number of nitrogens with zero attached hydrogens (tertiary/aromatic N) is 5. The molecule has 0 atom stereocenters. The van der Waals surface area contributed by atoms with Crippen LogP contribution < -0.4 is 10.2 Å². The Hall–Kier alpha value is -3.29. The van der Waals surface area contributed by atoms with Gasteiger partial charge >= 0.3 is 0 Å². The normalized spacial score (nSPS) is 18.1. The highest BCUT2D eigenvalue weighted by Crippen LogP contribution is 2.33. The Bertz CT molecular complexity index is 1350. The maximum atomic E-state index is 12.1. The van der Waals surface area contributed by atoms with Gasteiger partial charge in [-0.1, -0.05) is 36.4 Å². The highest BCUT2D eigenvalue weighted by Gasteiger charge is 2.25. The quantitative estimate of drug-likeness (QED) is 0.475. The van der Waals surface area contributed by atoms with Crippen LogP contribution in [0, 0.1) is 0 Å². The summed E-state index contributed by atoms with van der Waals surface area (Å²) in [5.41, 5.74) is 4.72. The molecule has 4 aromatic rings. The third kappa shape index (κ3) is 3.75. The predicted octanol–water partition coefficient (Wildman–Crippen LogP) is 3.63. The molecule has 2 saturated heterocycles. The molecule has 0 unspecified atom stereocenters. The van der Waals surface area contributed by atoms with E-state index >= 15 is 0 Å². The standard InChI is InChI=1S/C27H30N6O/c1-19(34)22-4-2-6-24-23(22)5-3-7-25(24)26-17-30-33-18-21(16-29-27(26)33)32-14-12-31(13-15-32)20-8-10-28-11-9-20/h2-7,16-18,20,28H,8-15H2,1H3. The second kappa shape index (κ2) is 8.81. The van der Waals surface area contributed by atoms with Gasteiger partial charge in [0.2, 0.25) is 0 Å². The average molecular weight is 455 g/mol. The number of anilines is 1. The molecule has 2 aromatic heterocycles. The average Bonchev–Trinajstić information content (AvgIpc) is 3.31. The maximum absolute atomic E-state index is 12.1. The van der Waals surface area contributed by atoms with Crippen molar-refractivity contribution < 1.29 is 4.79 Å². The summed E-state index contributed by atoms with van der Waals surface area (Å²) in [6, 6.07) is 12.7. The number of carbonyl (C=O) groups is 1. The number of aromatic nitrogens is 3. The third-order valence-electron chi connectivity index (χ3n) is 7.44. The van der Waals surface area contributed by atoms with Crippen LogP contribution >= 0.6 is 0 Å². The molecule has 7 nitrogen and oxygen atoms in total. The molecule has 0 aliphatic carbocycles. The van der Waals surface area contributed by atoms with Gasteiger partial charge in [0, 0.05) is 43.3 Å². The molecule has 34 heavy (non-hydrogen) atoms. The van der Waals surface area contributed by atoms with E-state index in [4.69, 9.17) is 4.98 Å². The zero-order chi connectivity index (χ0) is 23.1. The molecule has 0 amide bonds. The van der Waals surface area contributed by atoms with Crippen LogP contribution in [0.25, 0.3) is 27.5 Å². The molecule has 0 saturated carbocycles. The predicted molar refractivity (Wildman–Crippen MR) is 136 cm³/mol.